The molecule has 0 saturated carbocycles. The van der Waals surface area contributed by atoms with E-state index in [0.29, 0.717) is 11.4 Å². The summed E-state index contributed by atoms with van der Waals surface area (Å²) in [5.41, 5.74) is 6.46. The number of nitrogens with two attached hydrogens (primary N) is 1. The molecule has 0 atom stereocenters. The van der Waals surface area contributed by atoms with Crippen molar-refractivity contribution in [1.82, 2.24) is 0 Å². The van der Waals surface area contributed by atoms with Gasteiger partial charge in [0, 0.05) is 42.6 Å². The van der Waals surface area contributed by atoms with E-state index in [1.54, 1.807) is 0 Å². The number of benzene rings is 2. The van der Waals surface area contributed by atoms with Gasteiger partial charge in [0.05, 0.1) is 9.85 Å². The summed E-state index contributed by atoms with van der Waals surface area (Å²) in [5.74, 6) is -0.200. The Kier molecular flexibility index (Phi) is 6.17. The maximum atomic E-state index is 10.6. The molecular formula is C14H14N4O5. The molecule has 0 radical (unpaired) electrons. The third-order valence-corrected chi connectivity index (χ3v) is 2.50. The zero-order valence-electron chi connectivity index (χ0n) is 12.1. The number of nitrogens with one attached hydrogen (secondary N) is 1. The normalized spacial score (nSPS) is 9.26. The zero-order valence-corrected chi connectivity index (χ0v) is 12.1. The molecule has 0 heterocycles. The molecular weight excluding hydrogens is 304 g/mol. The number of carbonyl (C=O) groups excluding carboxylic acids is 1. The van der Waals surface area contributed by atoms with Crippen LogP contribution in [0.25, 0.3) is 0 Å². The standard InChI is InChI=1S/C8H8N2O3.C6H6N2O2/c1-6(11)9-7-2-4-8(5-3-7)10(12)13;7-5-1-3-6(4-2-5)8(9)10/h2-5H,1H3,(H,9,11);1-4H,7H2. The Morgan fingerprint density at radius 2 is 1.30 bits per heavy atom. The van der Waals surface area contributed by atoms with E-state index in [-0.39, 0.29) is 17.3 Å². The molecule has 120 valence electrons. The Balaban J connectivity index is 0.000000238. The van der Waals surface area contributed by atoms with Gasteiger partial charge in [0.25, 0.3) is 11.4 Å². The van der Waals surface area contributed by atoms with E-state index in [2.05, 4.69) is 5.32 Å². The summed E-state index contributed by atoms with van der Waals surface area (Å²) in [5, 5.41) is 22.8. The van der Waals surface area contributed by atoms with Crippen molar-refractivity contribution in [3.63, 3.8) is 0 Å². The summed E-state index contributed by atoms with van der Waals surface area (Å²) in [7, 11) is 0. The van der Waals surface area contributed by atoms with Gasteiger partial charge >= 0.3 is 0 Å². The lowest BCUT2D eigenvalue weighted by atomic mass is 10.3. The van der Waals surface area contributed by atoms with Gasteiger partial charge in [-0.15, -0.1) is 0 Å². The van der Waals surface area contributed by atoms with Crippen molar-refractivity contribution >= 4 is 28.7 Å². The minimum atomic E-state index is -0.489. The van der Waals surface area contributed by atoms with Crippen molar-refractivity contribution in [3.05, 3.63) is 68.8 Å². The molecule has 2 aromatic rings. The smallest absolute Gasteiger partial charge is 0.269 e. The van der Waals surface area contributed by atoms with Crippen LogP contribution in [0.5, 0.6) is 0 Å². The number of non-ortho nitro benzene ring substituents is 2. The number of nitro benzene ring substituents is 2. The van der Waals surface area contributed by atoms with E-state index in [1.807, 2.05) is 0 Å². The second-order valence-corrected chi connectivity index (χ2v) is 4.33. The molecule has 0 spiro atoms. The van der Waals surface area contributed by atoms with Gasteiger partial charge in [0.1, 0.15) is 0 Å². The number of hydrogen-bond acceptors (Lipinski definition) is 6. The SMILES string of the molecule is CC(=O)Nc1ccc([N+](=O)[O-])cc1.Nc1ccc([N+](=O)[O-])cc1. The van der Waals surface area contributed by atoms with Gasteiger partial charge in [0.2, 0.25) is 5.91 Å². The van der Waals surface area contributed by atoms with Crippen molar-refractivity contribution < 1.29 is 14.6 Å². The van der Waals surface area contributed by atoms with Crippen LogP contribution in [0, 0.1) is 20.2 Å². The van der Waals surface area contributed by atoms with Crippen LogP contribution in [-0.2, 0) is 4.79 Å². The first kappa shape index (κ1) is 17.6. The Morgan fingerprint density at radius 1 is 0.913 bits per heavy atom. The highest BCUT2D eigenvalue weighted by atomic mass is 16.6. The molecule has 0 fully saturated rings. The van der Waals surface area contributed by atoms with E-state index in [0.717, 1.165) is 0 Å². The molecule has 0 aliphatic carbocycles. The minimum Gasteiger partial charge on any atom is -0.399 e. The van der Waals surface area contributed by atoms with Gasteiger partial charge in [-0.2, -0.15) is 0 Å². The fraction of sp³-hybridized carbons (Fsp3) is 0.0714. The predicted octanol–water partition coefficient (Wildman–Crippen LogP) is 2.73. The van der Waals surface area contributed by atoms with E-state index in [9.17, 15) is 25.0 Å². The van der Waals surface area contributed by atoms with Crippen molar-refractivity contribution in [2.75, 3.05) is 11.1 Å². The molecule has 0 saturated heterocycles. The first-order valence-corrected chi connectivity index (χ1v) is 6.31. The van der Waals surface area contributed by atoms with Crippen LogP contribution in [0.1, 0.15) is 6.92 Å². The highest BCUT2D eigenvalue weighted by Gasteiger charge is 2.03. The Bertz CT molecular complexity index is 698. The van der Waals surface area contributed by atoms with Crippen LogP contribution < -0.4 is 11.1 Å². The predicted molar refractivity (Wildman–Crippen MR) is 84.9 cm³/mol. The summed E-state index contributed by atoms with van der Waals surface area (Å²) < 4.78 is 0. The molecule has 23 heavy (non-hydrogen) atoms. The second kappa shape index (κ2) is 8.08. The first-order valence-electron chi connectivity index (χ1n) is 6.31. The van der Waals surface area contributed by atoms with Gasteiger partial charge in [-0.25, -0.2) is 0 Å². The average molecular weight is 318 g/mol. The molecule has 2 aromatic carbocycles. The molecule has 0 aromatic heterocycles. The van der Waals surface area contributed by atoms with E-state index >= 15 is 0 Å². The van der Waals surface area contributed by atoms with Gasteiger partial charge < -0.3 is 11.1 Å². The van der Waals surface area contributed by atoms with E-state index in [1.165, 1.54) is 55.5 Å². The van der Waals surface area contributed by atoms with Crippen molar-refractivity contribution in [3.8, 4) is 0 Å². The molecule has 3 N–H and O–H groups in total. The monoisotopic (exact) mass is 318 g/mol. The lowest BCUT2D eigenvalue weighted by Gasteiger charge is -1.99. The molecule has 1 amide bonds. The molecule has 0 aliphatic rings. The molecule has 9 heteroatoms. The molecule has 9 nitrogen and oxygen atoms in total. The highest BCUT2D eigenvalue weighted by molar-refractivity contribution is 5.88. The topological polar surface area (TPSA) is 141 Å². The fourth-order valence-electron chi connectivity index (χ4n) is 1.47. The van der Waals surface area contributed by atoms with E-state index in [4.69, 9.17) is 5.73 Å². The Labute approximate surface area is 131 Å². The number of nitro groups is 2. The van der Waals surface area contributed by atoms with Gasteiger partial charge in [-0.05, 0) is 24.3 Å². The van der Waals surface area contributed by atoms with E-state index < -0.39 is 9.85 Å². The number of amides is 1. The Morgan fingerprint density at radius 3 is 1.65 bits per heavy atom. The number of nitrogen functional groups attached to an aromatic ring is 1. The summed E-state index contributed by atoms with van der Waals surface area (Å²) in [6.07, 6.45) is 0. The fourth-order valence-corrected chi connectivity index (χ4v) is 1.47. The average Bonchev–Trinajstić information content (AvgIpc) is 2.48. The Hall–Kier alpha value is -3.49. The van der Waals surface area contributed by atoms with Crippen LogP contribution in [-0.4, -0.2) is 15.8 Å². The third kappa shape index (κ3) is 6.21. The lowest BCUT2D eigenvalue weighted by molar-refractivity contribution is -0.385. The molecule has 0 unspecified atom stereocenters. The second-order valence-electron chi connectivity index (χ2n) is 4.33. The summed E-state index contributed by atoms with van der Waals surface area (Å²) >= 11 is 0. The summed E-state index contributed by atoms with van der Waals surface area (Å²) in [6.45, 7) is 1.38. The quantitative estimate of drug-likeness (QED) is 0.506. The maximum absolute atomic E-state index is 10.6. The summed E-state index contributed by atoms with van der Waals surface area (Å²) in [4.78, 5) is 30.0. The van der Waals surface area contributed by atoms with Crippen LogP contribution in [0.4, 0.5) is 22.7 Å². The molecule has 0 bridgehead atoms. The van der Waals surface area contributed by atoms with Gasteiger partial charge in [0.15, 0.2) is 0 Å². The van der Waals surface area contributed by atoms with Gasteiger partial charge in [-0.3, -0.25) is 25.0 Å². The van der Waals surface area contributed by atoms with Crippen molar-refractivity contribution in [1.29, 1.82) is 0 Å². The van der Waals surface area contributed by atoms with Gasteiger partial charge in [-0.1, -0.05) is 0 Å². The molecule has 0 aliphatic heterocycles. The maximum Gasteiger partial charge on any atom is 0.269 e. The largest absolute Gasteiger partial charge is 0.399 e. The lowest BCUT2D eigenvalue weighted by Crippen LogP contribution is -2.05. The van der Waals surface area contributed by atoms with Crippen LogP contribution in [0.15, 0.2) is 48.5 Å². The van der Waals surface area contributed by atoms with Crippen LogP contribution in [0.3, 0.4) is 0 Å². The van der Waals surface area contributed by atoms with Crippen LogP contribution in [0.2, 0.25) is 0 Å². The zero-order chi connectivity index (χ0) is 17.4. The first-order chi connectivity index (χ1) is 10.8. The number of nitrogens with zero attached hydrogens (tertiary/aromatic N) is 2. The number of rotatable bonds is 3. The number of hydrogen-bond donors (Lipinski definition) is 2. The molecule has 2 rings (SSSR count). The van der Waals surface area contributed by atoms with Crippen molar-refractivity contribution in [2.45, 2.75) is 6.92 Å². The third-order valence-electron chi connectivity index (χ3n) is 2.50. The summed E-state index contributed by atoms with van der Waals surface area (Å²) in [6, 6.07) is 11.4. The minimum absolute atomic E-state index is 0.00843. The number of carbonyl (C=O) groups is 1. The van der Waals surface area contributed by atoms with Crippen LogP contribution >= 0.6 is 0 Å². The highest BCUT2D eigenvalue weighted by Crippen LogP contribution is 2.15. The van der Waals surface area contributed by atoms with Crippen molar-refractivity contribution in [2.24, 2.45) is 0 Å². The number of anilines is 2.